The summed E-state index contributed by atoms with van der Waals surface area (Å²) in [6.45, 7) is 0. The monoisotopic (exact) mass is 284 g/mol. The predicted molar refractivity (Wildman–Crippen MR) is 77.0 cm³/mol. The molecule has 0 spiro atoms. The SMILES string of the molecule is ClC1=C2CCCCCC12C1(Cl)C2CCCCCC21. The van der Waals surface area contributed by atoms with Crippen molar-refractivity contribution < 1.29 is 0 Å². The van der Waals surface area contributed by atoms with Crippen LogP contribution in [0.5, 0.6) is 0 Å². The van der Waals surface area contributed by atoms with E-state index in [1.54, 1.807) is 5.57 Å². The Bertz CT molecular complexity index is 399. The van der Waals surface area contributed by atoms with E-state index in [0.29, 0.717) is 0 Å². The summed E-state index contributed by atoms with van der Waals surface area (Å²) in [7, 11) is 0. The molecule has 0 aromatic rings. The Morgan fingerprint density at radius 1 is 0.889 bits per heavy atom. The van der Waals surface area contributed by atoms with Crippen LogP contribution in [0.25, 0.3) is 0 Å². The number of rotatable bonds is 1. The Hall–Kier alpha value is 0.320. The van der Waals surface area contributed by atoms with Gasteiger partial charge in [-0.3, -0.25) is 0 Å². The molecule has 3 fully saturated rings. The van der Waals surface area contributed by atoms with Crippen LogP contribution in [0.2, 0.25) is 0 Å². The average Bonchev–Trinajstić information content (AvgIpc) is 3.18. The third-order valence-corrected chi connectivity index (χ3v) is 7.64. The summed E-state index contributed by atoms with van der Waals surface area (Å²) in [6.07, 6.45) is 13.4. The van der Waals surface area contributed by atoms with Crippen LogP contribution < -0.4 is 0 Å². The molecule has 0 bridgehead atoms. The molecule has 0 saturated heterocycles. The van der Waals surface area contributed by atoms with Gasteiger partial charge in [0.1, 0.15) is 0 Å². The second kappa shape index (κ2) is 3.92. The first kappa shape index (κ1) is 12.1. The number of halogens is 2. The van der Waals surface area contributed by atoms with Gasteiger partial charge in [0.25, 0.3) is 0 Å². The molecule has 3 unspecified atom stereocenters. The fourth-order valence-corrected chi connectivity index (χ4v) is 6.63. The highest BCUT2D eigenvalue weighted by Crippen LogP contribution is 2.81. The predicted octanol–water partition coefficient (Wildman–Crippen LogP) is 5.63. The minimum atomic E-state index is 0.0458. The molecule has 18 heavy (non-hydrogen) atoms. The Balaban J connectivity index is 1.64. The first-order chi connectivity index (χ1) is 8.73. The van der Waals surface area contributed by atoms with Gasteiger partial charge in [-0.25, -0.2) is 0 Å². The molecule has 100 valence electrons. The number of hydrogen-bond acceptors (Lipinski definition) is 0. The summed E-state index contributed by atoms with van der Waals surface area (Å²) in [5.74, 6) is 1.54. The van der Waals surface area contributed by atoms with Crippen LogP contribution in [-0.2, 0) is 0 Å². The molecule has 0 radical (unpaired) electrons. The van der Waals surface area contributed by atoms with Crippen molar-refractivity contribution in [1.82, 2.24) is 0 Å². The summed E-state index contributed by atoms with van der Waals surface area (Å²) in [5.41, 5.74) is 1.74. The number of fused-ring (bicyclic) bond motifs is 2. The third-order valence-electron chi connectivity index (χ3n) is 6.21. The van der Waals surface area contributed by atoms with Gasteiger partial charge in [-0.15, -0.1) is 11.6 Å². The molecular weight excluding hydrogens is 263 g/mol. The largest absolute Gasteiger partial charge is 0.117 e. The molecule has 0 N–H and O–H groups in total. The number of allylic oxidation sites excluding steroid dienone is 2. The zero-order chi connectivity index (χ0) is 12.4. The van der Waals surface area contributed by atoms with Gasteiger partial charge < -0.3 is 0 Å². The molecule has 0 heterocycles. The van der Waals surface area contributed by atoms with E-state index in [1.807, 2.05) is 0 Å². The Labute approximate surface area is 120 Å². The molecule has 3 atom stereocenters. The second-order valence-electron chi connectivity index (χ2n) is 6.88. The first-order valence-corrected chi connectivity index (χ1v) is 8.57. The fraction of sp³-hybridized carbons (Fsp3) is 0.875. The van der Waals surface area contributed by atoms with E-state index in [-0.39, 0.29) is 10.3 Å². The minimum absolute atomic E-state index is 0.0458. The molecule has 0 aromatic carbocycles. The maximum absolute atomic E-state index is 7.19. The molecule has 0 amide bonds. The van der Waals surface area contributed by atoms with Gasteiger partial charge in [0.2, 0.25) is 0 Å². The van der Waals surface area contributed by atoms with Gasteiger partial charge in [-0.2, -0.15) is 0 Å². The van der Waals surface area contributed by atoms with Crippen LogP contribution in [0.4, 0.5) is 0 Å². The van der Waals surface area contributed by atoms with Gasteiger partial charge in [-0.1, -0.05) is 43.7 Å². The Kier molecular flexibility index (Phi) is 2.63. The van der Waals surface area contributed by atoms with Gasteiger partial charge >= 0.3 is 0 Å². The van der Waals surface area contributed by atoms with Crippen LogP contribution in [0.1, 0.15) is 64.2 Å². The minimum Gasteiger partial charge on any atom is -0.117 e. The van der Waals surface area contributed by atoms with Crippen molar-refractivity contribution in [2.45, 2.75) is 69.1 Å². The highest BCUT2D eigenvalue weighted by atomic mass is 35.5. The van der Waals surface area contributed by atoms with E-state index in [9.17, 15) is 0 Å². The van der Waals surface area contributed by atoms with E-state index in [2.05, 4.69) is 0 Å². The van der Waals surface area contributed by atoms with E-state index >= 15 is 0 Å². The lowest BCUT2D eigenvalue weighted by atomic mass is 9.84. The summed E-state index contributed by atoms with van der Waals surface area (Å²) in [6, 6.07) is 0. The Morgan fingerprint density at radius 2 is 1.56 bits per heavy atom. The van der Waals surface area contributed by atoms with Crippen molar-refractivity contribution >= 4 is 23.2 Å². The molecule has 3 saturated carbocycles. The maximum Gasteiger partial charge on any atom is 0.0652 e. The number of alkyl halides is 1. The van der Waals surface area contributed by atoms with Crippen LogP contribution in [0, 0.1) is 17.3 Å². The molecule has 0 aromatic heterocycles. The number of hydrogen-bond donors (Lipinski definition) is 0. The van der Waals surface area contributed by atoms with E-state index in [4.69, 9.17) is 23.2 Å². The standard InChI is InChI=1S/C16H22Cl2/c17-14-13-9-5-2-6-10-15(13,14)16(18)11-7-3-1-4-8-12(11)16/h11-12H,1-10H2. The van der Waals surface area contributed by atoms with Crippen molar-refractivity contribution in [2.24, 2.45) is 17.3 Å². The third kappa shape index (κ3) is 1.30. The summed E-state index contributed by atoms with van der Waals surface area (Å²) in [5, 5.41) is 1.19. The van der Waals surface area contributed by atoms with Gasteiger partial charge in [-0.05, 0) is 49.5 Å². The zero-order valence-corrected chi connectivity index (χ0v) is 12.5. The Morgan fingerprint density at radius 3 is 2.28 bits per heavy atom. The molecular formula is C16H22Cl2. The molecule has 0 aliphatic heterocycles. The summed E-state index contributed by atoms with van der Waals surface area (Å²) in [4.78, 5) is 0.0458. The first-order valence-electron chi connectivity index (χ1n) is 7.81. The lowest BCUT2D eigenvalue weighted by Crippen LogP contribution is -2.27. The highest BCUT2D eigenvalue weighted by Gasteiger charge is 2.78. The summed E-state index contributed by atoms with van der Waals surface area (Å²) >= 11 is 13.8. The molecule has 0 nitrogen and oxygen atoms in total. The molecule has 4 aliphatic rings. The van der Waals surface area contributed by atoms with Gasteiger partial charge in [0.15, 0.2) is 0 Å². The average molecular weight is 285 g/mol. The zero-order valence-electron chi connectivity index (χ0n) is 11.0. The van der Waals surface area contributed by atoms with Crippen LogP contribution in [0.15, 0.2) is 10.6 Å². The van der Waals surface area contributed by atoms with E-state index in [1.165, 1.54) is 69.2 Å². The topological polar surface area (TPSA) is 0 Å². The van der Waals surface area contributed by atoms with Crippen molar-refractivity contribution in [2.75, 3.05) is 0 Å². The quantitative estimate of drug-likeness (QED) is 0.548. The van der Waals surface area contributed by atoms with Gasteiger partial charge in [0.05, 0.1) is 4.87 Å². The second-order valence-corrected chi connectivity index (χ2v) is 7.88. The molecule has 2 heteroatoms. The van der Waals surface area contributed by atoms with Crippen LogP contribution >= 0.6 is 23.2 Å². The van der Waals surface area contributed by atoms with Crippen molar-refractivity contribution in [1.29, 1.82) is 0 Å². The van der Waals surface area contributed by atoms with Crippen LogP contribution in [0.3, 0.4) is 0 Å². The molecule has 4 rings (SSSR count). The van der Waals surface area contributed by atoms with E-state index in [0.717, 1.165) is 11.8 Å². The fourth-order valence-electron chi connectivity index (χ4n) is 5.24. The van der Waals surface area contributed by atoms with Crippen LogP contribution in [-0.4, -0.2) is 4.87 Å². The lowest BCUT2D eigenvalue weighted by Gasteiger charge is -2.27. The van der Waals surface area contributed by atoms with Gasteiger partial charge in [0, 0.05) is 10.4 Å². The van der Waals surface area contributed by atoms with Crippen molar-refractivity contribution in [3.63, 3.8) is 0 Å². The van der Waals surface area contributed by atoms with E-state index < -0.39 is 0 Å². The van der Waals surface area contributed by atoms with Crippen molar-refractivity contribution in [3.8, 4) is 0 Å². The normalized spacial score (nSPS) is 51.0. The highest BCUT2D eigenvalue weighted by molar-refractivity contribution is 6.37. The maximum atomic E-state index is 7.19. The molecule has 4 aliphatic carbocycles. The smallest absolute Gasteiger partial charge is 0.0652 e. The summed E-state index contributed by atoms with van der Waals surface area (Å²) < 4.78 is 0. The lowest BCUT2D eigenvalue weighted by molar-refractivity contribution is 0.396. The van der Waals surface area contributed by atoms with Crippen molar-refractivity contribution in [3.05, 3.63) is 10.6 Å².